The summed E-state index contributed by atoms with van der Waals surface area (Å²) in [5.41, 5.74) is 7.11. The van der Waals surface area contributed by atoms with Gasteiger partial charge < -0.3 is 15.6 Å². The standard InChI is InChI=1S/C12H20N2O2/c1-3-4-5-9(15)8-11-10(13)6-7-12(14-11)16-2/h6-7,9,15H,3-5,8,13H2,1-2H3. The Hall–Kier alpha value is -1.29. The van der Waals surface area contributed by atoms with E-state index in [2.05, 4.69) is 11.9 Å². The SMILES string of the molecule is CCCCC(O)Cc1nc(OC)ccc1N. The molecule has 0 aromatic carbocycles. The molecule has 0 saturated heterocycles. The zero-order valence-electron chi connectivity index (χ0n) is 9.94. The molecule has 0 aliphatic carbocycles. The van der Waals surface area contributed by atoms with E-state index < -0.39 is 0 Å². The normalized spacial score (nSPS) is 12.4. The van der Waals surface area contributed by atoms with E-state index in [9.17, 15) is 5.11 Å². The van der Waals surface area contributed by atoms with Crippen molar-refractivity contribution in [3.8, 4) is 5.88 Å². The summed E-state index contributed by atoms with van der Waals surface area (Å²) in [6, 6.07) is 3.48. The smallest absolute Gasteiger partial charge is 0.213 e. The minimum atomic E-state index is -0.373. The Labute approximate surface area is 96.5 Å². The van der Waals surface area contributed by atoms with Gasteiger partial charge in [0, 0.05) is 12.5 Å². The molecule has 3 N–H and O–H groups in total. The summed E-state index contributed by atoms with van der Waals surface area (Å²) in [5, 5.41) is 9.79. The average molecular weight is 224 g/mol. The summed E-state index contributed by atoms with van der Waals surface area (Å²) >= 11 is 0. The first-order valence-electron chi connectivity index (χ1n) is 5.64. The summed E-state index contributed by atoms with van der Waals surface area (Å²) in [6.45, 7) is 2.10. The van der Waals surface area contributed by atoms with Crippen LogP contribution in [0.2, 0.25) is 0 Å². The van der Waals surface area contributed by atoms with Gasteiger partial charge in [0.15, 0.2) is 0 Å². The number of ether oxygens (including phenoxy) is 1. The fourth-order valence-corrected chi connectivity index (χ4v) is 1.53. The maximum absolute atomic E-state index is 9.79. The molecule has 0 spiro atoms. The summed E-state index contributed by atoms with van der Waals surface area (Å²) in [7, 11) is 1.57. The van der Waals surface area contributed by atoms with E-state index in [-0.39, 0.29) is 6.10 Å². The second-order valence-corrected chi connectivity index (χ2v) is 3.89. The highest BCUT2D eigenvalue weighted by molar-refractivity contribution is 5.44. The minimum Gasteiger partial charge on any atom is -0.481 e. The molecular weight excluding hydrogens is 204 g/mol. The highest BCUT2D eigenvalue weighted by Gasteiger charge is 2.10. The van der Waals surface area contributed by atoms with E-state index >= 15 is 0 Å². The summed E-state index contributed by atoms with van der Waals surface area (Å²) in [4.78, 5) is 4.23. The molecule has 1 rings (SSSR count). The van der Waals surface area contributed by atoms with Gasteiger partial charge in [-0.05, 0) is 12.5 Å². The molecule has 1 atom stereocenters. The van der Waals surface area contributed by atoms with Crippen molar-refractivity contribution in [2.45, 2.75) is 38.7 Å². The van der Waals surface area contributed by atoms with Crippen molar-refractivity contribution in [2.24, 2.45) is 0 Å². The second kappa shape index (κ2) is 6.33. The molecule has 1 aromatic rings. The molecule has 16 heavy (non-hydrogen) atoms. The molecule has 0 saturated carbocycles. The Bertz CT molecular complexity index is 329. The third kappa shape index (κ3) is 3.70. The van der Waals surface area contributed by atoms with Crippen LogP contribution in [-0.2, 0) is 6.42 Å². The van der Waals surface area contributed by atoms with Gasteiger partial charge in [-0.1, -0.05) is 19.8 Å². The van der Waals surface area contributed by atoms with Crippen molar-refractivity contribution in [1.29, 1.82) is 0 Å². The lowest BCUT2D eigenvalue weighted by atomic mass is 10.1. The van der Waals surface area contributed by atoms with Gasteiger partial charge >= 0.3 is 0 Å². The molecule has 0 aliphatic heterocycles. The van der Waals surface area contributed by atoms with Crippen LogP contribution < -0.4 is 10.5 Å². The number of aromatic nitrogens is 1. The quantitative estimate of drug-likeness (QED) is 0.772. The van der Waals surface area contributed by atoms with Crippen molar-refractivity contribution >= 4 is 5.69 Å². The molecule has 90 valence electrons. The van der Waals surface area contributed by atoms with Crippen molar-refractivity contribution in [3.05, 3.63) is 17.8 Å². The topological polar surface area (TPSA) is 68.4 Å². The Morgan fingerprint density at radius 1 is 1.50 bits per heavy atom. The van der Waals surface area contributed by atoms with Crippen LogP contribution in [0.15, 0.2) is 12.1 Å². The Morgan fingerprint density at radius 3 is 2.88 bits per heavy atom. The number of rotatable bonds is 6. The highest BCUT2D eigenvalue weighted by Crippen LogP contribution is 2.17. The molecule has 1 heterocycles. The van der Waals surface area contributed by atoms with Crippen LogP contribution in [0.4, 0.5) is 5.69 Å². The first kappa shape index (κ1) is 12.8. The molecule has 0 bridgehead atoms. The van der Waals surface area contributed by atoms with Gasteiger partial charge in [-0.25, -0.2) is 4.98 Å². The van der Waals surface area contributed by atoms with Crippen LogP contribution in [0.5, 0.6) is 5.88 Å². The Kier molecular flexibility index (Phi) is 5.05. The third-order valence-corrected chi connectivity index (χ3v) is 2.51. The van der Waals surface area contributed by atoms with E-state index in [0.29, 0.717) is 23.7 Å². The fraction of sp³-hybridized carbons (Fsp3) is 0.583. The lowest BCUT2D eigenvalue weighted by Crippen LogP contribution is -2.13. The number of hydrogen-bond acceptors (Lipinski definition) is 4. The van der Waals surface area contributed by atoms with Crippen molar-refractivity contribution in [3.63, 3.8) is 0 Å². The predicted molar refractivity (Wildman–Crippen MR) is 64.4 cm³/mol. The highest BCUT2D eigenvalue weighted by atomic mass is 16.5. The number of nitrogens with two attached hydrogens (primary N) is 1. The maximum Gasteiger partial charge on any atom is 0.213 e. The molecule has 0 radical (unpaired) electrons. The van der Waals surface area contributed by atoms with Gasteiger partial charge in [0.25, 0.3) is 0 Å². The molecule has 0 amide bonds. The summed E-state index contributed by atoms with van der Waals surface area (Å²) < 4.78 is 5.02. The van der Waals surface area contributed by atoms with Gasteiger partial charge in [0.1, 0.15) is 0 Å². The first-order valence-corrected chi connectivity index (χ1v) is 5.64. The lowest BCUT2D eigenvalue weighted by molar-refractivity contribution is 0.160. The van der Waals surface area contributed by atoms with Crippen LogP contribution in [-0.4, -0.2) is 23.3 Å². The van der Waals surface area contributed by atoms with E-state index in [4.69, 9.17) is 10.5 Å². The molecule has 4 nitrogen and oxygen atoms in total. The van der Waals surface area contributed by atoms with Gasteiger partial charge in [0.05, 0.1) is 24.6 Å². The van der Waals surface area contributed by atoms with Crippen LogP contribution in [0, 0.1) is 0 Å². The van der Waals surface area contributed by atoms with Crippen molar-refractivity contribution in [2.75, 3.05) is 12.8 Å². The minimum absolute atomic E-state index is 0.373. The van der Waals surface area contributed by atoms with Crippen molar-refractivity contribution < 1.29 is 9.84 Å². The monoisotopic (exact) mass is 224 g/mol. The lowest BCUT2D eigenvalue weighted by Gasteiger charge is -2.11. The van der Waals surface area contributed by atoms with E-state index in [1.165, 1.54) is 0 Å². The number of aliphatic hydroxyl groups is 1. The van der Waals surface area contributed by atoms with E-state index in [1.54, 1.807) is 19.2 Å². The molecule has 1 unspecified atom stereocenters. The van der Waals surface area contributed by atoms with Crippen molar-refractivity contribution in [1.82, 2.24) is 4.98 Å². The number of aliphatic hydroxyl groups excluding tert-OH is 1. The average Bonchev–Trinajstić information content (AvgIpc) is 2.29. The van der Waals surface area contributed by atoms with Crippen LogP contribution in [0.1, 0.15) is 31.9 Å². The van der Waals surface area contributed by atoms with Gasteiger partial charge in [-0.15, -0.1) is 0 Å². The molecule has 0 aliphatic rings. The fourth-order valence-electron chi connectivity index (χ4n) is 1.53. The zero-order chi connectivity index (χ0) is 12.0. The maximum atomic E-state index is 9.79. The number of anilines is 1. The van der Waals surface area contributed by atoms with Gasteiger partial charge in [-0.3, -0.25) is 0 Å². The van der Waals surface area contributed by atoms with Crippen LogP contribution in [0.25, 0.3) is 0 Å². The largest absolute Gasteiger partial charge is 0.481 e. The Balaban J connectivity index is 2.64. The summed E-state index contributed by atoms with van der Waals surface area (Å²) in [6.07, 6.45) is 3.00. The number of pyridine rings is 1. The first-order chi connectivity index (χ1) is 7.67. The van der Waals surface area contributed by atoms with Gasteiger partial charge in [0.2, 0.25) is 5.88 Å². The van der Waals surface area contributed by atoms with Crippen LogP contribution >= 0.6 is 0 Å². The third-order valence-electron chi connectivity index (χ3n) is 2.51. The van der Waals surface area contributed by atoms with Crippen LogP contribution in [0.3, 0.4) is 0 Å². The molecule has 4 heteroatoms. The van der Waals surface area contributed by atoms with Gasteiger partial charge in [-0.2, -0.15) is 0 Å². The van der Waals surface area contributed by atoms with E-state index in [1.807, 2.05) is 0 Å². The predicted octanol–water partition coefficient (Wildman–Crippen LogP) is 1.77. The molecule has 1 aromatic heterocycles. The Morgan fingerprint density at radius 2 is 2.25 bits per heavy atom. The number of nitrogens with zero attached hydrogens (tertiary/aromatic N) is 1. The zero-order valence-corrected chi connectivity index (χ0v) is 9.94. The second-order valence-electron chi connectivity index (χ2n) is 3.89. The number of unbranched alkanes of at least 4 members (excludes halogenated alkanes) is 1. The molecule has 0 fully saturated rings. The molecular formula is C12H20N2O2. The summed E-state index contributed by atoms with van der Waals surface area (Å²) in [5.74, 6) is 0.534. The number of nitrogen functional groups attached to an aromatic ring is 1. The van der Waals surface area contributed by atoms with E-state index in [0.717, 1.165) is 19.3 Å². The number of methoxy groups -OCH3 is 1. The number of hydrogen-bond donors (Lipinski definition) is 2.